The summed E-state index contributed by atoms with van der Waals surface area (Å²) in [7, 11) is 0. The van der Waals surface area contributed by atoms with Gasteiger partial charge in [0.15, 0.2) is 0 Å². The lowest BCUT2D eigenvalue weighted by molar-refractivity contribution is -0.122. The third kappa shape index (κ3) is 5.99. The molecule has 0 fully saturated rings. The highest BCUT2D eigenvalue weighted by molar-refractivity contribution is 5.32. The van der Waals surface area contributed by atoms with Crippen LogP contribution in [-0.2, 0) is 4.79 Å². The Labute approximate surface area is 82.1 Å². The maximum Gasteiger partial charge on any atom is 0.290 e. The van der Waals surface area contributed by atoms with E-state index in [-0.39, 0.29) is 18.4 Å². The van der Waals surface area contributed by atoms with Gasteiger partial charge >= 0.3 is 0 Å². The van der Waals surface area contributed by atoms with Crippen molar-refractivity contribution in [3.8, 4) is 5.75 Å². The van der Waals surface area contributed by atoms with Crippen molar-refractivity contribution in [3.63, 3.8) is 0 Å². The molecule has 0 saturated carbocycles. The fourth-order valence-corrected chi connectivity index (χ4v) is 0.812. The molecule has 0 aliphatic carbocycles. The van der Waals surface area contributed by atoms with E-state index in [9.17, 15) is 4.39 Å². The Morgan fingerprint density at radius 3 is 2.50 bits per heavy atom. The van der Waals surface area contributed by atoms with E-state index in [1.165, 1.54) is 12.1 Å². The molecule has 1 rings (SSSR count). The quantitative estimate of drug-likeness (QED) is 0.745. The van der Waals surface area contributed by atoms with Crippen molar-refractivity contribution in [2.45, 2.75) is 20.0 Å². The Morgan fingerprint density at radius 2 is 2.07 bits per heavy atom. The zero-order valence-electron chi connectivity index (χ0n) is 8.11. The van der Waals surface area contributed by atoms with Crippen molar-refractivity contribution in [3.05, 3.63) is 30.1 Å². The summed E-state index contributed by atoms with van der Waals surface area (Å²) in [6.45, 7) is 3.57. The average molecular weight is 200 g/mol. The molecule has 0 heterocycles. The molecular weight excluding hydrogens is 187 g/mol. The Bertz CT molecular complexity index is 274. The summed E-state index contributed by atoms with van der Waals surface area (Å²) < 4.78 is 17.8. The number of carboxylic acid groups (broad SMARTS) is 1. The van der Waals surface area contributed by atoms with Gasteiger partial charge in [0.05, 0.1) is 6.10 Å². The van der Waals surface area contributed by atoms with Crippen molar-refractivity contribution in [2.24, 2.45) is 0 Å². The van der Waals surface area contributed by atoms with Gasteiger partial charge in [0.1, 0.15) is 11.6 Å². The predicted octanol–water partition coefficient (Wildman–Crippen LogP) is 2.31. The first-order valence-corrected chi connectivity index (χ1v) is 4.10. The smallest absolute Gasteiger partial charge is 0.290 e. The summed E-state index contributed by atoms with van der Waals surface area (Å²) in [5.74, 6) is 0.322. The van der Waals surface area contributed by atoms with Crippen LogP contribution in [0, 0.1) is 5.82 Å². The maximum absolute atomic E-state index is 12.5. The van der Waals surface area contributed by atoms with Gasteiger partial charge in [-0.3, -0.25) is 4.79 Å². The summed E-state index contributed by atoms with van der Waals surface area (Å²) in [6.07, 6.45) is 0.0943. The summed E-state index contributed by atoms with van der Waals surface area (Å²) >= 11 is 0. The van der Waals surface area contributed by atoms with Gasteiger partial charge in [-0.25, -0.2) is 4.39 Å². The fourth-order valence-electron chi connectivity index (χ4n) is 0.812. The first kappa shape index (κ1) is 12.4. The van der Waals surface area contributed by atoms with Crippen molar-refractivity contribution in [1.82, 2.24) is 0 Å². The molecule has 0 spiro atoms. The molecule has 0 unspecified atom stereocenters. The number of carbonyl (C=O) groups is 1. The van der Waals surface area contributed by atoms with E-state index in [2.05, 4.69) is 0 Å². The monoisotopic (exact) mass is 200 g/mol. The Kier molecular flexibility index (Phi) is 6.11. The zero-order chi connectivity index (χ0) is 11.0. The minimum absolute atomic E-state index is 0.0943. The van der Waals surface area contributed by atoms with E-state index in [1.807, 2.05) is 13.8 Å². The van der Waals surface area contributed by atoms with Crippen LogP contribution in [-0.4, -0.2) is 17.7 Å². The Morgan fingerprint density at radius 1 is 1.50 bits per heavy atom. The normalized spacial score (nSPS) is 8.86. The molecule has 0 bridgehead atoms. The standard InChI is InChI=1S/C9H11FO.CH2O2/c1-7(2)11-9-5-3-4-8(10)6-9;2-1-3/h3-7H,1-2H3;1H,(H,2,3). The summed E-state index contributed by atoms with van der Waals surface area (Å²) in [5.41, 5.74) is 0. The van der Waals surface area contributed by atoms with Crippen molar-refractivity contribution in [2.75, 3.05) is 0 Å². The van der Waals surface area contributed by atoms with Gasteiger partial charge in [-0.2, -0.15) is 0 Å². The number of ether oxygens (including phenoxy) is 1. The van der Waals surface area contributed by atoms with Crippen LogP contribution in [0.1, 0.15) is 13.8 Å². The molecular formula is C10H13FO3. The number of hydrogen-bond donors (Lipinski definition) is 1. The third-order valence-corrected chi connectivity index (χ3v) is 1.17. The average Bonchev–Trinajstić information content (AvgIpc) is 2.03. The van der Waals surface area contributed by atoms with Crippen LogP contribution in [0.5, 0.6) is 5.75 Å². The van der Waals surface area contributed by atoms with E-state index in [0.717, 1.165) is 0 Å². The molecule has 78 valence electrons. The molecule has 1 aromatic carbocycles. The number of halogens is 1. The van der Waals surface area contributed by atoms with Gasteiger partial charge < -0.3 is 9.84 Å². The Hall–Kier alpha value is -1.58. The van der Waals surface area contributed by atoms with Gasteiger partial charge in [0.25, 0.3) is 6.47 Å². The number of rotatable bonds is 2. The minimum atomic E-state index is -0.261. The second kappa shape index (κ2) is 6.88. The van der Waals surface area contributed by atoms with Gasteiger partial charge in [-0.05, 0) is 26.0 Å². The SMILES string of the molecule is CC(C)Oc1cccc(F)c1.O=CO. The first-order chi connectivity index (χ1) is 6.60. The zero-order valence-corrected chi connectivity index (χ0v) is 8.11. The van der Waals surface area contributed by atoms with E-state index in [0.29, 0.717) is 5.75 Å². The van der Waals surface area contributed by atoms with Gasteiger partial charge in [0.2, 0.25) is 0 Å². The minimum Gasteiger partial charge on any atom is -0.491 e. The van der Waals surface area contributed by atoms with Crippen LogP contribution in [0.3, 0.4) is 0 Å². The maximum atomic E-state index is 12.5. The molecule has 0 saturated heterocycles. The van der Waals surface area contributed by atoms with Crippen molar-refractivity contribution >= 4 is 6.47 Å². The molecule has 0 aliphatic rings. The number of benzene rings is 1. The molecule has 0 aromatic heterocycles. The van der Waals surface area contributed by atoms with Gasteiger partial charge in [-0.15, -0.1) is 0 Å². The second-order valence-electron chi connectivity index (χ2n) is 2.73. The van der Waals surface area contributed by atoms with Crippen molar-refractivity contribution < 1.29 is 19.0 Å². The highest BCUT2D eigenvalue weighted by Gasteiger charge is 1.97. The van der Waals surface area contributed by atoms with E-state index in [4.69, 9.17) is 14.6 Å². The van der Waals surface area contributed by atoms with Gasteiger partial charge in [0, 0.05) is 6.07 Å². The molecule has 0 atom stereocenters. The van der Waals surface area contributed by atoms with Crippen molar-refractivity contribution in [1.29, 1.82) is 0 Å². The van der Waals surface area contributed by atoms with Crippen LogP contribution >= 0.6 is 0 Å². The molecule has 0 aliphatic heterocycles. The first-order valence-electron chi connectivity index (χ1n) is 4.10. The van der Waals surface area contributed by atoms with E-state index < -0.39 is 0 Å². The topological polar surface area (TPSA) is 46.5 Å². The lowest BCUT2D eigenvalue weighted by Crippen LogP contribution is -2.05. The van der Waals surface area contributed by atoms with Crippen LogP contribution in [0.25, 0.3) is 0 Å². The molecule has 1 aromatic rings. The molecule has 4 heteroatoms. The molecule has 3 nitrogen and oxygen atoms in total. The third-order valence-electron chi connectivity index (χ3n) is 1.17. The lowest BCUT2D eigenvalue weighted by atomic mass is 10.3. The highest BCUT2D eigenvalue weighted by atomic mass is 19.1. The van der Waals surface area contributed by atoms with Crippen LogP contribution in [0.15, 0.2) is 24.3 Å². The summed E-state index contributed by atoms with van der Waals surface area (Å²) in [5, 5.41) is 6.89. The van der Waals surface area contributed by atoms with Gasteiger partial charge in [-0.1, -0.05) is 6.07 Å². The van der Waals surface area contributed by atoms with E-state index >= 15 is 0 Å². The highest BCUT2D eigenvalue weighted by Crippen LogP contribution is 2.13. The Balaban J connectivity index is 0.000000500. The second-order valence-corrected chi connectivity index (χ2v) is 2.73. The predicted molar refractivity (Wildman–Crippen MR) is 50.9 cm³/mol. The molecule has 1 N–H and O–H groups in total. The van der Waals surface area contributed by atoms with Crippen LogP contribution in [0.4, 0.5) is 4.39 Å². The molecule has 14 heavy (non-hydrogen) atoms. The van der Waals surface area contributed by atoms with E-state index in [1.54, 1.807) is 12.1 Å². The van der Waals surface area contributed by atoms with Crippen LogP contribution < -0.4 is 4.74 Å². The summed E-state index contributed by atoms with van der Waals surface area (Å²) in [4.78, 5) is 8.36. The van der Waals surface area contributed by atoms with Crippen LogP contribution in [0.2, 0.25) is 0 Å². The fraction of sp³-hybridized carbons (Fsp3) is 0.300. The molecule has 0 radical (unpaired) electrons. The summed E-state index contributed by atoms with van der Waals surface area (Å²) in [6, 6.07) is 6.14. The lowest BCUT2D eigenvalue weighted by Gasteiger charge is -2.08. The number of hydrogen-bond acceptors (Lipinski definition) is 2. The largest absolute Gasteiger partial charge is 0.491 e. The molecule has 0 amide bonds.